The van der Waals surface area contributed by atoms with Crippen LogP contribution in [0.5, 0.6) is 0 Å². The first kappa shape index (κ1) is 7.53. The smallest absolute Gasteiger partial charge is 0.0935 e. The number of morpholine rings is 1. The highest BCUT2D eigenvalue weighted by Crippen LogP contribution is 2.12. The summed E-state index contributed by atoms with van der Waals surface area (Å²) in [4.78, 5) is 2.42. The Morgan fingerprint density at radius 1 is 1.27 bits per heavy atom. The summed E-state index contributed by atoms with van der Waals surface area (Å²) in [7, 11) is 0. The number of ether oxygens (including phenoxy) is 2. The van der Waals surface area contributed by atoms with Gasteiger partial charge in [0.2, 0.25) is 0 Å². The second kappa shape index (κ2) is 3.09. The Morgan fingerprint density at radius 3 is 3.09 bits per heavy atom. The third-order valence-corrected chi connectivity index (χ3v) is 2.30. The normalized spacial score (nSPS) is 45.0. The van der Waals surface area contributed by atoms with Crippen LogP contribution in [-0.4, -0.2) is 50.0 Å². The monoisotopic (exact) mass is 157 g/mol. The lowest BCUT2D eigenvalue weighted by Gasteiger charge is -2.29. The molecule has 0 radical (unpaired) electrons. The molecule has 2 bridgehead atoms. The zero-order valence-electron chi connectivity index (χ0n) is 6.95. The van der Waals surface area contributed by atoms with Crippen molar-refractivity contribution in [3.63, 3.8) is 0 Å². The molecule has 1 unspecified atom stereocenters. The maximum Gasteiger partial charge on any atom is 0.0935 e. The quantitative estimate of drug-likeness (QED) is 0.498. The highest BCUT2D eigenvalue weighted by atomic mass is 16.5. The number of nitrogens with zero attached hydrogens (tertiary/aromatic N) is 1. The maximum atomic E-state index is 5.55. The van der Waals surface area contributed by atoms with Crippen LogP contribution < -0.4 is 0 Å². The van der Waals surface area contributed by atoms with Crippen LogP contribution in [0.4, 0.5) is 0 Å². The van der Waals surface area contributed by atoms with E-state index in [2.05, 4.69) is 11.8 Å². The minimum absolute atomic E-state index is 0.327. The van der Waals surface area contributed by atoms with E-state index in [0.717, 1.165) is 32.8 Å². The van der Waals surface area contributed by atoms with Gasteiger partial charge in [0.05, 0.1) is 25.4 Å². The summed E-state index contributed by atoms with van der Waals surface area (Å²) in [6, 6.07) is 0. The predicted octanol–water partition coefficient (Wildman–Crippen LogP) is 0.106. The molecule has 2 rings (SSSR count). The Balaban J connectivity index is 1.98. The van der Waals surface area contributed by atoms with Crippen LogP contribution in [0.25, 0.3) is 0 Å². The standard InChI is InChI=1S/C8H15NO2/c1-7-4-9-2-3-10-8(5-9)6-11-7/h7-8H,2-6H2,1H3/t7-,8-/m0/s1. The summed E-state index contributed by atoms with van der Waals surface area (Å²) in [6.45, 7) is 6.98. The van der Waals surface area contributed by atoms with E-state index in [0.29, 0.717) is 12.2 Å². The Hall–Kier alpha value is -0.120. The van der Waals surface area contributed by atoms with Crippen LogP contribution in [0.15, 0.2) is 0 Å². The van der Waals surface area contributed by atoms with Crippen molar-refractivity contribution in [3.8, 4) is 0 Å². The third-order valence-electron chi connectivity index (χ3n) is 2.30. The van der Waals surface area contributed by atoms with Gasteiger partial charge in [0.15, 0.2) is 0 Å². The van der Waals surface area contributed by atoms with Crippen molar-refractivity contribution in [2.45, 2.75) is 19.1 Å². The molecule has 2 aliphatic heterocycles. The lowest BCUT2D eigenvalue weighted by atomic mass is 10.3. The van der Waals surface area contributed by atoms with E-state index in [1.165, 1.54) is 0 Å². The van der Waals surface area contributed by atoms with Gasteiger partial charge in [0.1, 0.15) is 0 Å². The van der Waals surface area contributed by atoms with Crippen molar-refractivity contribution in [2.24, 2.45) is 0 Å². The maximum absolute atomic E-state index is 5.55. The van der Waals surface area contributed by atoms with E-state index in [1.54, 1.807) is 0 Å². The zero-order valence-corrected chi connectivity index (χ0v) is 6.95. The van der Waals surface area contributed by atoms with E-state index in [4.69, 9.17) is 9.47 Å². The third kappa shape index (κ3) is 1.72. The number of rotatable bonds is 0. The number of fused-ring (bicyclic) bond motifs is 2. The van der Waals surface area contributed by atoms with Gasteiger partial charge in [-0.1, -0.05) is 0 Å². The van der Waals surface area contributed by atoms with Crippen LogP contribution in [0, 0.1) is 0 Å². The molecule has 0 aromatic heterocycles. The van der Waals surface area contributed by atoms with Gasteiger partial charge < -0.3 is 9.47 Å². The average molecular weight is 157 g/mol. The molecule has 0 aromatic carbocycles. The SMILES string of the molecule is C[C@H]1CN2CCO[C@H](CO1)C2. The highest BCUT2D eigenvalue weighted by Gasteiger charge is 2.25. The molecule has 2 heterocycles. The molecule has 0 spiro atoms. The van der Waals surface area contributed by atoms with E-state index < -0.39 is 0 Å². The highest BCUT2D eigenvalue weighted by molar-refractivity contribution is 4.76. The molecule has 0 amide bonds. The lowest BCUT2D eigenvalue weighted by molar-refractivity contribution is -0.0419. The van der Waals surface area contributed by atoms with Crippen molar-refractivity contribution >= 4 is 0 Å². The first-order valence-electron chi connectivity index (χ1n) is 4.30. The summed E-state index contributed by atoms with van der Waals surface area (Å²) in [5.41, 5.74) is 0. The van der Waals surface area contributed by atoms with Crippen molar-refractivity contribution in [1.29, 1.82) is 0 Å². The number of hydrogen-bond acceptors (Lipinski definition) is 3. The van der Waals surface area contributed by atoms with Crippen LogP contribution in [-0.2, 0) is 9.47 Å². The Bertz CT molecular complexity index is 138. The van der Waals surface area contributed by atoms with E-state index in [1.807, 2.05) is 0 Å². The molecule has 2 saturated heterocycles. The van der Waals surface area contributed by atoms with Gasteiger partial charge in [0, 0.05) is 19.6 Å². The van der Waals surface area contributed by atoms with Gasteiger partial charge in [-0.05, 0) is 6.92 Å². The summed E-state index contributed by atoms with van der Waals surface area (Å²) in [5, 5.41) is 0. The first-order chi connectivity index (χ1) is 5.34. The van der Waals surface area contributed by atoms with Gasteiger partial charge in [-0.3, -0.25) is 4.90 Å². The van der Waals surface area contributed by atoms with E-state index >= 15 is 0 Å². The summed E-state index contributed by atoms with van der Waals surface area (Å²) in [5.74, 6) is 0. The molecule has 2 fully saturated rings. The Morgan fingerprint density at radius 2 is 2.18 bits per heavy atom. The molecular weight excluding hydrogens is 142 g/mol. The Labute approximate surface area is 67.3 Å². The first-order valence-corrected chi connectivity index (χ1v) is 4.30. The number of hydrogen-bond donors (Lipinski definition) is 0. The van der Waals surface area contributed by atoms with Crippen molar-refractivity contribution in [2.75, 3.05) is 32.8 Å². The van der Waals surface area contributed by atoms with Gasteiger partial charge in [0.25, 0.3) is 0 Å². The second-order valence-corrected chi connectivity index (χ2v) is 3.40. The topological polar surface area (TPSA) is 21.7 Å². The minimum Gasteiger partial charge on any atom is -0.374 e. The van der Waals surface area contributed by atoms with Gasteiger partial charge in [-0.25, -0.2) is 0 Å². The molecule has 3 nitrogen and oxygen atoms in total. The van der Waals surface area contributed by atoms with E-state index in [-0.39, 0.29) is 0 Å². The molecule has 0 aromatic rings. The molecule has 3 heteroatoms. The largest absolute Gasteiger partial charge is 0.374 e. The van der Waals surface area contributed by atoms with Gasteiger partial charge >= 0.3 is 0 Å². The summed E-state index contributed by atoms with van der Waals surface area (Å²) < 4.78 is 11.1. The average Bonchev–Trinajstić information content (AvgIpc) is 2.12. The zero-order chi connectivity index (χ0) is 7.68. The molecule has 0 aliphatic carbocycles. The predicted molar refractivity (Wildman–Crippen MR) is 41.6 cm³/mol. The fourth-order valence-corrected chi connectivity index (χ4v) is 1.73. The van der Waals surface area contributed by atoms with Crippen LogP contribution in [0.2, 0.25) is 0 Å². The minimum atomic E-state index is 0.327. The fourth-order valence-electron chi connectivity index (χ4n) is 1.73. The lowest BCUT2D eigenvalue weighted by Crippen LogP contribution is -2.42. The Kier molecular flexibility index (Phi) is 2.11. The molecule has 3 atom stereocenters. The van der Waals surface area contributed by atoms with Crippen molar-refractivity contribution in [3.05, 3.63) is 0 Å². The molecule has 64 valence electrons. The molecular formula is C8H15NO2. The van der Waals surface area contributed by atoms with Gasteiger partial charge in [-0.2, -0.15) is 0 Å². The van der Waals surface area contributed by atoms with Crippen LogP contribution in [0.1, 0.15) is 6.92 Å². The summed E-state index contributed by atoms with van der Waals surface area (Å²) in [6.07, 6.45) is 0.704. The van der Waals surface area contributed by atoms with Crippen LogP contribution in [0.3, 0.4) is 0 Å². The van der Waals surface area contributed by atoms with Crippen LogP contribution >= 0.6 is 0 Å². The fraction of sp³-hybridized carbons (Fsp3) is 1.00. The van der Waals surface area contributed by atoms with E-state index in [9.17, 15) is 0 Å². The van der Waals surface area contributed by atoms with Crippen molar-refractivity contribution < 1.29 is 9.47 Å². The molecule has 0 N–H and O–H groups in total. The van der Waals surface area contributed by atoms with Gasteiger partial charge in [-0.15, -0.1) is 0 Å². The summed E-state index contributed by atoms with van der Waals surface area (Å²) >= 11 is 0. The molecule has 11 heavy (non-hydrogen) atoms. The second-order valence-electron chi connectivity index (χ2n) is 3.40. The molecule has 0 saturated carbocycles. The van der Waals surface area contributed by atoms with Crippen molar-refractivity contribution in [1.82, 2.24) is 4.90 Å². The molecule has 2 aliphatic rings.